The number of nitrogens with zero attached hydrogens (tertiary/aromatic N) is 4. The molecule has 1 saturated heterocycles. The van der Waals surface area contributed by atoms with Crippen molar-refractivity contribution in [1.29, 1.82) is 0 Å². The Morgan fingerprint density at radius 2 is 1.96 bits per heavy atom. The molecule has 0 bridgehead atoms. The molecule has 0 aromatic carbocycles. The number of carboxylic acid groups (broad SMARTS) is 1. The van der Waals surface area contributed by atoms with Gasteiger partial charge in [0, 0.05) is 25.4 Å². The summed E-state index contributed by atoms with van der Waals surface area (Å²) in [5.74, 6) is 0.635. The number of piperidine rings is 1. The van der Waals surface area contributed by atoms with E-state index in [1.54, 1.807) is 18.4 Å². The highest BCUT2D eigenvalue weighted by Crippen LogP contribution is 2.35. The van der Waals surface area contributed by atoms with E-state index in [1.165, 1.54) is 4.31 Å². The van der Waals surface area contributed by atoms with E-state index < -0.39 is 27.7 Å². The van der Waals surface area contributed by atoms with E-state index in [0.29, 0.717) is 44.6 Å². The molecule has 3 heterocycles. The fraction of sp³-hybridized carbons (Fsp3) is 0.786. The van der Waals surface area contributed by atoms with Gasteiger partial charge in [0.2, 0.25) is 0 Å². The monoisotopic (exact) mass is 342 g/mol. The van der Waals surface area contributed by atoms with Crippen molar-refractivity contribution in [3.05, 3.63) is 11.6 Å². The summed E-state index contributed by atoms with van der Waals surface area (Å²) in [6, 6.07) is -0.590. The quantitative estimate of drug-likeness (QED) is 0.817. The van der Waals surface area contributed by atoms with Crippen LogP contribution in [0.25, 0.3) is 0 Å². The second-order valence-corrected chi connectivity index (χ2v) is 8.99. The molecule has 2 aliphatic rings. The summed E-state index contributed by atoms with van der Waals surface area (Å²) in [6.45, 7) is 4.27. The first-order chi connectivity index (χ1) is 10.8. The van der Waals surface area contributed by atoms with Crippen LogP contribution in [0, 0.1) is 0 Å². The lowest BCUT2D eigenvalue weighted by atomic mass is 9.97. The largest absolute Gasteiger partial charge is 0.597 e. The minimum Gasteiger partial charge on any atom is -0.597 e. The highest BCUT2D eigenvalue weighted by atomic mass is 32.3. The molecule has 0 amide bonds. The summed E-state index contributed by atoms with van der Waals surface area (Å²) in [4.78, 5) is 11.4. The van der Waals surface area contributed by atoms with Crippen LogP contribution >= 0.6 is 0 Å². The normalized spacial score (nSPS) is 25.5. The molecule has 1 aromatic rings. The summed E-state index contributed by atoms with van der Waals surface area (Å²) in [7, 11) is -3.23. The van der Waals surface area contributed by atoms with Gasteiger partial charge < -0.3 is 14.2 Å². The van der Waals surface area contributed by atoms with E-state index in [4.69, 9.17) is 0 Å². The Balaban J connectivity index is 1.75. The zero-order chi connectivity index (χ0) is 16.8. The Bertz CT molecular complexity index is 651. The first-order valence-corrected chi connectivity index (χ1v) is 9.48. The minimum absolute atomic E-state index is 0.0646. The van der Waals surface area contributed by atoms with Gasteiger partial charge in [-0.25, -0.2) is 4.79 Å². The number of aryl methyl sites for hydroxylation is 1. The number of fused-ring (bicyclic) bond motifs is 1. The Morgan fingerprint density at radius 3 is 2.52 bits per heavy atom. The summed E-state index contributed by atoms with van der Waals surface area (Å²) in [5.41, 5.74) is 0. The molecule has 9 heteroatoms. The van der Waals surface area contributed by atoms with E-state index in [9.17, 15) is 18.7 Å². The molecule has 1 aromatic heterocycles. The first-order valence-electron chi connectivity index (χ1n) is 7.97. The number of hydrogen-bond donors (Lipinski definition) is 1. The molecule has 0 saturated carbocycles. The predicted octanol–water partition coefficient (Wildman–Crippen LogP) is 0.983. The van der Waals surface area contributed by atoms with Crippen LogP contribution in [-0.4, -0.2) is 53.0 Å². The highest BCUT2D eigenvalue weighted by Gasteiger charge is 2.39. The zero-order valence-electron chi connectivity index (χ0n) is 13.3. The maximum absolute atomic E-state index is 12.2. The molecule has 1 N–H and O–H groups in total. The Hall–Kier alpha value is -1.32. The van der Waals surface area contributed by atoms with Crippen LogP contribution < -0.4 is 0 Å². The van der Waals surface area contributed by atoms with E-state index in [-0.39, 0.29) is 5.92 Å². The van der Waals surface area contributed by atoms with Crippen LogP contribution in [0.4, 0.5) is 0 Å². The molecule has 0 radical (unpaired) electrons. The number of sulfonamides is 1. The Morgan fingerprint density at radius 1 is 1.30 bits per heavy atom. The molecule has 23 heavy (non-hydrogen) atoms. The van der Waals surface area contributed by atoms with Crippen LogP contribution in [-0.2, 0) is 25.8 Å². The van der Waals surface area contributed by atoms with Crippen molar-refractivity contribution in [3.8, 4) is 0 Å². The highest BCUT2D eigenvalue weighted by molar-refractivity contribution is 7.95. The van der Waals surface area contributed by atoms with Gasteiger partial charge in [-0.1, -0.05) is 4.21 Å². The average Bonchev–Trinajstić information content (AvgIpc) is 3.08. The van der Waals surface area contributed by atoms with Crippen molar-refractivity contribution in [1.82, 2.24) is 19.1 Å². The standard InChI is InChI=1S/C14H22N4O4S/c1-9(2)23(21,22)17-7-5-10(6-8-17)13-16-15-12-4-3-11(14(19)20)18(12)13/h9-11H,3-8H2,1-2H3,(H-,19,20,21,22). The molecule has 2 aliphatic heterocycles. The van der Waals surface area contributed by atoms with Gasteiger partial charge >= 0.3 is 5.97 Å². The number of aliphatic carboxylic acids is 1. The lowest BCUT2D eigenvalue weighted by Crippen LogP contribution is -2.46. The van der Waals surface area contributed by atoms with E-state index in [1.807, 2.05) is 0 Å². The fourth-order valence-corrected chi connectivity index (χ4v) is 4.74. The summed E-state index contributed by atoms with van der Waals surface area (Å²) in [5, 5.41) is 17.2. The maximum atomic E-state index is 12.2. The number of hydrogen-bond acceptors (Lipinski definition) is 5. The molecule has 3 rings (SSSR count). The predicted molar refractivity (Wildman–Crippen MR) is 82.5 cm³/mol. The summed E-state index contributed by atoms with van der Waals surface area (Å²) in [6.07, 6.45) is 2.48. The molecular formula is C14H22N4O4S. The number of aromatic nitrogens is 3. The maximum Gasteiger partial charge on any atom is 0.326 e. The molecule has 1 fully saturated rings. The fourth-order valence-electron chi connectivity index (χ4n) is 3.42. The van der Waals surface area contributed by atoms with E-state index >= 15 is 0 Å². The molecule has 8 nitrogen and oxygen atoms in total. The number of rotatable bonds is 4. The van der Waals surface area contributed by atoms with Crippen LogP contribution in [0.15, 0.2) is 0 Å². The smallest absolute Gasteiger partial charge is 0.326 e. The van der Waals surface area contributed by atoms with E-state index in [0.717, 1.165) is 5.82 Å². The molecule has 2 atom stereocenters. The van der Waals surface area contributed by atoms with Gasteiger partial charge in [0.25, 0.3) is 0 Å². The second-order valence-electron chi connectivity index (χ2n) is 6.50. The molecule has 128 valence electrons. The van der Waals surface area contributed by atoms with Gasteiger partial charge in [-0.3, -0.25) is 0 Å². The third-order valence-corrected chi connectivity index (χ3v) is 7.08. The third kappa shape index (κ3) is 2.81. The number of carboxylic acids is 1. The van der Waals surface area contributed by atoms with Crippen LogP contribution in [0.3, 0.4) is 0 Å². The van der Waals surface area contributed by atoms with Crippen LogP contribution in [0.2, 0.25) is 0 Å². The van der Waals surface area contributed by atoms with Crippen molar-refractivity contribution in [2.24, 2.45) is 0 Å². The van der Waals surface area contributed by atoms with Gasteiger partial charge in [0.1, 0.15) is 33.3 Å². The zero-order valence-corrected chi connectivity index (χ0v) is 14.2. The van der Waals surface area contributed by atoms with Gasteiger partial charge in [0.15, 0.2) is 0 Å². The lowest BCUT2D eigenvalue weighted by Gasteiger charge is -2.35. The van der Waals surface area contributed by atoms with Gasteiger partial charge in [-0.15, -0.1) is 14.5 Å². The van der Waals surface area contributed by atoms with E-state index in [2.05, 4.69) is 10.2 Å². The second kappa shape index (κ2) is 5.95. The topological polar surface area (TPSA) is 111 Å². The van der Waals surface area contributed by atoms with Crippen molar-refractivity contribution in [2.75, 3.05) is 13.1 Å². The average molecular weight is 342 g/mol. The third-order valence-electron chi connectivity index (χ3n) is 4.81. The molecule has 2 unspecified atom stereocenters. The van der Waals surface area contributed by atoms with Gasteiger partial charge in [-0.2, -0.15) is 0 Å². The Labute approximate surface area is 136 Å². The molecular weight excluding hydrogens is 320 g/mol. The van der Waals surface area contributed by atoms with Gasteiger partial charge in [-0.05, 0) is 33.1 Å². The van der Waals surface area contributed by atoms with Crippen molar-refractivity contribution in [2.45, 2.75) is 56.7 Å². The summed E-state index contributed by atoms with van der Waals surface area (Å²) >= 11 is 0. The number of carbonyl (C=O) groups is 1. The molecule has 0 spiro atoms. The first kappa shape index (κ1) is 16.5. The SMILES string of the molecule is CC(C)[S+](=O)([O-])N1CCC(c2nnc3n2C(C(=O)O)CC3)CC1. The molecule has 0 aliphatic carbocycles. The summed E-state index contributed by atoms with van der Waals surface area (Å²) < 4.78 is 27.7. The van der Waals surface area contributed by atoms with Crippen LogP contribution in [0.5, 0.6) is 0 Å². The Kier molecular flexibility index (Phi) is 4.28. The van der Waals surface area contributed by atoms with Crippen LogP contribution in [0.1, 0.15) is 56.7 Å². The van der Waals surface area contributed by atoms with Crippen molar-refractivity contribution < 1.29 is 18.7 Å². The lowest BCUT2D eigenvalue weighted by molar-refractivity contribution is -0.140. The minimum atomic E-state index is -3.23. The van der Waals surface area contributed by atoms with Crippen molar-refractivity contribution in [3.63, 3.8) is 0 Å². The van der Waals surface area contributed by atoms with Gasteiger partial charge in [0.05, 0.1) is 0 Å². The van der Waals surface area contributed by atoms with Crippen molar-refractivity contribution >= 4 is 16.4 Å².